The van der Waals surface area contributed by atoms with E-state index in [1.165, 1.54) is 18.2 Å². The van der Waals surface area contributed by atoms with Gasteiger partial charge in [0.15, 0.2) is 0 Å². The van der Waals surface area contributed by atoms with Gasteiger partial charge in [-0.15, -0.1) is 0 Å². The molecule has 3 nitrogen and oxygen atoms in total. The van der Waals surface area contributed by atoms with Crippen molar-refractivity contribution in [2.24, 2.45) is 0 Å². The number of hydrogen-bond donors (Lipinski definition) is 1. The van der Waals surface area contributed by atoms with Gasteiger partial charge in [0.25, 0.3) is 0 Å². The van der Waals surface area contributed by atoms with Gasteiger partial charge in [-0.3, -0.25) is 5.32 Å². The van der Waals surface area contributed by atoms with E-state index in [0.29, 0.717) is 6.04 Å². The molecule has 1 aliphatic carbocycles. The topological polar surface area (TPSA) is 38.3 Å². The molecule has 0 unspecified atom stereocenters. The highest BCUT2D eigenvalue weighted by atomic mass is 16.5. The van der Waals surface area contributed by atoms with Gasteiger partial charge in [0.1, 0.15) is 6.04 Å². The highest BCUT2D eigenvalue weighted by molar-refractivity contribution is 5.77. The number of carbonyl (C=O) groups is 1. The zero-order valence-electron chi connectivity index (χ0n) is 12.8. The summed E-state index contributed by atoms with van der Waals surface area (Å²) in [7, 11) is 1.44. The summed E-state index contributed by atoms with van der Waals surface area (Å²) in [6.07, 6.45) is 3.05. The molecule has 0 spiro atoms. The number of fused-ring (bicyclic) bond motifs is 1. The first kappa shape index (κ1) is 14.8. The number of methoxy groups -OCH3 is 1. The van der Waals surface area contributed by atoms with Gasteiger partial charge in [-0.25, -0.2) is 4.79 Å². The lowest BCUT2D eigenvalue weighted by atomic mass is 9.87. The van der Waals surface area contributed by atoms with Gasteiger partial charge in [-0.2, -0.15) is 0 Å². The monoisotopic (exact) mass is 295 g/mol. The molecule has 0 fully saturated rings. The Labute approximate surface area is 131 Å². The molecule has 0 radical (unpaired) electrons. The van der Waals surface area contributed by atoms with Gasteiger partial charge in [0.2, 0.25) is 0 Å². The first-order valence-corrected chi connectivity index (χ1v) is 7.73. The minimum atomic E-state index is -0.401. The highest BCUT2D eigenvalue weighted by Crippen LogP contribution is 2.24. The van der Waals surface area contributed by atoms with Gasteiger partial charge < -0.3 is 4.74 Å². The van der Waals surface area contributed by atoms with Crippen molar-refractivity contribution in [1.82, 2.24) is 5.32 Å². The summed E-state index contributed by atoms with van der Waals surface area (Å²) in [4.78, 5) is 12.1. The predicted octanol–water partition coefficient (Wildman–Crippen LogP) is 3.05. The van der Waals surface area contributed by atoms with E-state index in [1.54, 1.807) is 0 Å². The SMILES string of the molecule is COC(=O)[C@@H](N[C@@H]1CCc2ccccc2C1)c1ccccc1. The lowest BCUT2D eigenvalue weighted by molar-refractivity contribution is -0.143. The molecule has 0 bridgehead atoms. The van der Waals surface area contributed by atoms with Crippen LogP contribution in [-0.4, -0.2) is 19.1 Å². The van der Waals surface area contributed by atoms with Gasteiger partial charge in [-0.1, -0.05) is 54.6 Å². The van der Waals surface area contributed by atoms with Crippen LogP contribution in [0.15, 0.2) is 54.6 Å². The van der Waals surface area contributed by atoms with E-state index in [2.05, 4.69) is 29.6 Å². The van der Waals surface area contributed by atoms with Crippen molar-refractivity contribution in [2.75, 3.05) is 7.11 Å². The van der Waals surface area contributed by atoms with Gasteiger partial charge in [0, 0.05) is 6.04 Å². The van der Waals surface area contributed by atoms with Crippen LogP contribution in [0.5, 0.6) is 0 Å². The molecule has 2 aromatic carbocycles. The summed E-state index contributed by atoms with van der Waals surface area (Å²) < 4.78 is 4.98. The summed E-state index contributed by atoms with van der Waals surface area (Å²) in [5.41, 5.74) is 3.76. The van der Waals surface area contributed by atoms with Gasteiger partial charge in [0.05, 0.1) is 7.11 Å². The van der Waals surface area contributed by atoms with Gasteiger partial charge >= 0.3 is 5.97 Å². The average molecular weight is 295 g/mol. The summed E-state index contributed by atoms with van der Waals surface area (Å²) in [6, 6.07) is 18.2. The van der Waals surface area contributed by atoms with Crippen LogP contribution in [0, 0.1) is 0 Å². The molecule has 3 rings (SSSR count). The van der Waals surface area contributed by atoms with Crippen molar-refractivity contribution in [1.29, 1.82) is 0 Å². The number of hydrogen-bond acceptors (Lipinski definition) is 3. The Bertz CT molecular complexity index is 639. The lowest BCUT2D eigenvalue weighted by Crippen LogP contribution is -2.40. The van der Waals surface area contributed by atoms with Crippen LogP contribution in [0.1, 0.15) is 29.2 Å². The van der Waals surface area contributed by atoms with E-state index in [-0.39, 0.29) is 5.97 Å². The maximum absolute atomic E-state index is 12.1. The third-order valence-electron chi connectivity index (χ3n) is 4.32. The van der Waals surface area contributed by atoms with Crippen LogP contribution in [0.2, 0.25) is 0 Å². The summed E-state index contributed by atoms with van der Waals surface area (Å²) in [6.45, 7) is 0. The zero-order chi connectivity index (χ0) is 15.4. The number of nitrogens with one attached hydrogen (secondary N) is 1. The van der Waals surface area contributed by atoms with Crippen LogP contribution in [0.3, 0.4) is 0 Å². The molecule has 22 heavy (non-hydrogen) atoms. The number of esters is 1. The quantitative estimate of drug-likeness (QED) is 0.881. The Morgan fingerprint density at radius 1 is 1.09 bits per heavy atom. The molecule has 0 saturated carbocycles. The molecule has 2 atom stereocenters. The van der Waals surface area contributed by atoms with E-state index < -0.39 is 6.04 Å². The molecule has 0 heterocycles. The molecule has 114 valence electrons. The molecule has 1 N–H and O–H groups in total. The van der Waals surface area contributed by atoms with E-state index in [4.69, 9.17) is 4.74 Å². The lowest BCUT2D eigenvalue weighted by Gasteiger charge is -2.29. The Hall–Kier alpha value is -2.13. The maximum Gasteiger partial charge on any atom is 0.327 e. The Balaban J connectivity index is 1.76. The van der Waals surface area contributed by atoms with Crippen LogP contribution in [-0.2, 0) is 22.4 Å². The third-order valence-corrected chi connectivity index (χ3v) is 4.32. The van der Waals surface area contributed by atoms with Gasteiger partial charge in [-0.05, 0) is 36.0 Å². The van der Waals surface area contributed by atoms with E-state index in [0.717, 1.165) is 24.8 Å². The Kier molecular flexibility index (Phi) is 4.54. The van der Waals surface area contributed by atoms with Crippen molar-refractivity contribution >= 4 is 5.97 Å². The molecular formula is C19H21NO2. The van der Waals surface area contributed by atoms with Crippen LogP contribution in [0.4, 0.5) is 0 Å². The summed E-state index contributed by atoms with van der Waals surface area (Å²) in [5.74, 6) is -0.231. The molecule has 1 aliphatic rings. The minimum Gasteiger partial charge on any atom is -0.468 e. The van der Waals surface area contributed by atoms with E-state index in [1.807, 2.05) is 30.3 Å². The average Bonchev–Trinajstić information content (AvgIpc) is 2.59. The zero-order valence-corrected chi connectivity index (χ0v) is 12.8. The van der Waals surface area contributed by atoms with Crippen LogP contribution in [0.25, 0.3) is 0 Å². The summed E-state index contributed by atoms with van der Waals surface area (Å²) in [5, 5.41) is 3.49. The minimum absolute atomic E-state index is 0.231. The fourth-order valence-electron chi connectivity index (χ4n) is 3.14. The van der Waals surface area contributed by atoms with Crippen LogP contribution >= 0.6 is 0 Å². The molecule has 2 aromatic rings. The fourth-order valence-corrected chi connectivity index (χ4v) is 3.14. The molecule has 0 saturated heterocycles. The number of carbonyl (C=O) groups excluding carboxylic acids is 1. The number of aryl methyl sites for hydroxylation is 1. The highest BCUT2D eigenvalue weighted by Gasteiger charge is 2.26. The van der Waals surface area contributed by atoms with Crippen molar-refractivity contribution in [3.8, 4) is 0 Å². The number of ether oxygens (including phenoxy) is 1. The predicted molar refractivity (Wildman–Crippen MR) is 86.6 cm³/mol. The molecule has 0 aliphatic heterocycles. The first-order chi connectivity index (χ1) is 10.8. The second-order valence-corrected chi connectivity index (χ2v) is 5.74. The van der Waals surface area contributed by atoms with E-state index >= 15 is 0 Å². The van der Waals surface area contributed by atoms with Crippen molar-refractivity contribution < 1.29 is 9.53 Å². The van der Waals surface area contributed by atoms with Crippen molar-refractivity contribution in [3.05, 3.63) is 71.3 Å². The van der Waals surface area contributed by atoms with Crippen molar-refractivity contribution in [2.45, 2.75) is 31.3 Å². The summed E-state index contributed by atoms with van der Waals surface area (Å²) >= 11 is 0. The largest absolute Gasteiger partial charge is 0.468 e. The second-order valence-electron chi connectivity index (χ2n) is 5.74. The smallest absolute Gasteiger partial charge is 0.327 e. The van der Waals surface area contributed by atoms with Crippen molar-refractivity contribution in [3.63, 3.8) is 0 Å². The number of rotatable bonds is 4. The molecule has 0 aromatic heterocycles. The second kappa shape index (κ2) is 6.75. The molecule has 0 amide bonds. The first-order valence-electron chi connectivity index (χ1n) is 7.73. The number of benzene rings is 2. The molecular weight excluding hydrogens is 274 g/mol. The fraction of sp³-hybridized carbons (Fsp3) is 0.316. The van der Waals surface area contributed by atoms with Crippen LogP contribution < -0.4 is 5.32 Å². The standard InChI is InChI=1S/C19H21NO2/c1-22-19(21)18(15-8-3-2-4-9-15)20-17-12-11-14-7-5-6-10-16(14)13-17/h2-10,17-18,20H,11-13H2,1H3/t17-,18+/m1/s1. The normalized spacial score (nSPS) is 18.3. The van der Waals surface area contributed by atoms with E-state index in [9.17, 15) is 4.79 Å². The Morgan fingerprint density at radius 3 is 2.50 bits per heavy atom. The third kappa shape index (κ3) is 3.20. The Morgan fingerprint density at radius 2 is 1.77 bits per heavy atom. The molecule has 3 heteroatoms. The maximum atomic E-state index is 12.1.